The summed E-state index contributed by atoms with van der Waals surface area (Å²) in [5, 5.41) is 3.27. The first-order chi connectivity index (χ1) is 15.9. The molecule has 1 heterocycles. The Balaban J connectivity index is 1.75. The average Bonchev–Trinajstić information content (AvgIpc) is 3.03. The molecule has 176 valence electrons. The lowest BCUT2D eigenvalue weighted by Crippen LogP contribution is -2.37. The van der Waals surface area contributed by atoms with Gasteiger partial charge in [-0.1, -0.05) is 6.07 Å². The van der Waals surface area contributed by atoms with E-state index in [1.807, 2.05) is 26.0 Å². The van der Waals surface area contributed by atoms with Crippen LogP contribution < -0.4 is 19.5 Å². The van der Waals surface area contributed by atoms with Crippen molar-refractivity contribution in [1.82, 2.24) is 9.80 Å². The molecule has 1 saturated heterocycles. The number of methoxy groups -OCH3 is 2. The third-order valence-electron chi connectivity index (χ3n) is 5.35. The van der Waals surface area contributed by atoms with Crippen LogP contribution in [-0.4, -0.2) is 60.1 Å². The summed E-state index contributed by atoms with van der Waals surface area (Å²) in [7, 11) is 3.14. The van der Waals surface area contributed by atoms with Gasteiger partial charge < -0.3 is 24.4 Å². The molecule has 1 N–H and O–H groups in total. The van der Waals surface area contributed by atoms with Crippen molar-refractivity contribution in [2.45, 2.75) is 32.9 Å². The number of ether oxygens (including phenoxy) is 3. The minimum atomic E-state index is -0.687. The van der Waals surface area contributed by atoms with Crippen LogP contribution in [-0.2, 0) is 16.1 Å². The van der Waals surface area contributed by atoms with Gasteiger partial charge in [0.05, 0.1) is 27.2 Å². The lowest BCUT2D eigenvalue weighted by atomic mass is 10.1. The molecule has 3 rings (SSSR count). The fourth-order valence-electron chi connectivity index (χ4n) is 3.73. The normalized spacial score (nSPS) is 15.6. The summed E-state index contributed by atoms with van der Waals surface area (Å²) >= 11 is 5.58. The molecular formula is C24H29N3O5S. The van der Waals surface area contributed by atoms with Crippen molar-refractivity contribution >= 4 is 34.8 Å². The van der Waals surface area contributed by atoms with E-state index in [4.69, 9.17) is 26.4 Å². The van der Waals surface area contributed by atoms with Gasteiger partial charge in [0.2, 0.25) is 5.91 Å². The van der Waals surface area contributed by atoms with E-state index in [2.05, 4.69) is 5.32 Å². The molecule has 1 aliphatic heterocycles. The molecule has 0 spiro atoms. The highest BCUT2D eigenvalue weighted by Crippen LogP contribution is 2.30. The first kappa shape index (κ1) is 24.3. The van der Waals surface area contributed by atoms with Gasteiger partial charge in [-0.3, -0.25) is 14.5 Å². The van der Waals surface area contributed by atoms with E-state index in [1.54, 1.807) is 49.5 Å². The van der Waals surface area contributed by atoms with Crippen molar-refractivity contribution in [3.63, 3.8) is 0 Å². The molecule has 2 aromatic carbocycles. The van der Waals surface area contributed by atoms with E-state index in [1.165, 1.54) is 4.90 Å². The molecule has 1 fully saturated rings. The number of carbonyl (C=O) groups is 2. The minimum Gasteiger partial charge on any atom is -0.494 e. The number of hydrogen-bond acceptors (Lipinski definition) is 6. The van der Waals surface area contributed by atoms with Gasteiger partial charge in [-0.25, -0.2) is 0 Å². The van der Waals surface area contributed by atoms with Gasteiger partial charge in [-0.15, -0.1) is 0 Å². The van der Waals surface area contributed by atoms with Crippen LogP contribution in [0.1, 0.15) is 25.8 Å². The molecule has 2 amide bonds. The quantitative estimate of drug-likeness (QED) is 0.532. The third kappa shape index (κ3) is 5.54. The Hall–Kier alpha value is -3.33. The van der Waals surface area contributed by atoms with Crippen molar-refractivity contribution in [3.05, 3.63) is 48.0 Å². The van der Waals surface area contributed by atoms with E-state index in [0.717, 1.165) is 11.3 Å². The van der Waals surface area contributed by atoms with E-state index in [9.17, 15) is 9.59 Å². The van der Waals surface area contributed by atoms with Crippen LogP contribution in [0.15, 0.2) is 42.5 Å². The van der Waals surface area contributed by atoms with Crippen LogP contribution in [0.2, 0.25) is 0 Å². The lowest BCUT2D eigenvalue weighted by molar-refractivity contribution is -0.130. The molecule has 1 unspecified atom stereocenters. The minimum absolute atomic E-state index is 0.0179. The summed E-state index contributed by atoms with van der Waals surface area (Å²) in [6, 6.07) is 12.0. The van der Waals surface area contributed by atoms with Crippen LogP contribution in [0.3, 0.4) is 0 Å². The summed E-state index contributed by atoms with van der Waals surface area (Å²) in [5.74, 6) is 1.48. The number of carbonyl (C=O) groups excluding carboxylic acids is 2. The molecule has 0 radical (unpaired) electrons. The molecule has 1 atom stereocenters. The van der Waals surface area contributed by atoms with Gasteiger partial charge in [-0.05, 0) is 68.0 Å². The maximum atomic E-state index is 13.0. The van der Waals surface area contributed by atoms with E-state index < -0.39 is 6.04 Å². The van der Waals surface area contributed by atoms with Crippen molar-refractivity contribution in [2.75, 3.05) is 32.7 Å². The third-order valence-corrected chi connectivity index (χ3v) is 5.80. The van der Waals surface area contributed by atoms with Crippen molar-refractivity contribution in [2.24, 2.45) is 0 Å². The smallest absolute Gasteiger partial charge is 0.252 e. The topological polar surface area (TPSA) is 80.3 Å². The second-order valence-electron chi connectivity index (χ2n) is 7.41. The summed E-state index contributed by atoms with van der Waals surface area (Å²) < 4.78 is 16.1. The SMILES string of the molecule is CCOc1ccc(NC(=O)CC2C(=O)N(CC)C(=S)N2Cc2ccc(OC)c(OC)c2)cc1. The van der Waals surface area contributed by atoms with Crippen molar-refractivity contribution in [1.29, 1.82) is 0 Å². The predicted molar refractivity (Wildman–Crippen MR) is 130 cm³/mol. The Kier molecular flexibility index (Phi) is 8.11. The number of amides is 2. The fourth-order valence-corrected chi connectivity index (χ4v) is 4.14. The maximum absolute atomic E-state index is 13.0. The van der Waals surface area contributed by atoms with Gasteiger partial charge in [0, 0.05) is 18.8 Å². The highest BCUT2D eigenvalue weighted by molar-refractivity contribution is 7.80. The number of rotatable bonds is 10. The van der Waals surface area contributed by atoms with Gasteiger partial charge in [-0.2, -0.15) is 0 Å². The Morgan fingerprint density at radius 2 is 1.76 bits per heavy atom. The maximum Gasteiger partial charge on any atom is 0.252 e. The number of likely N-dealkylation sites (N-methyl/N-ethyl adjacent to an activating group) is 1. The Labute approximate surface area is 199 Å². The Morgan fingerprint density at radius 3 is 2.36 bits per heavy atom. The Morgan fingerprint density at radius 1 is 1.06 bits per heavy atom. The molecule has 9 heteroatoms. The van der Waals surface area contributed by atoms with E-state index in [-0.39, 0.29) is 18.2 Å². The van der Waals surface area contributed by atoms with E-state index in [0.29, 0.717) is 42.0 Å². The molecule has 0 aromatic heterocycles. The predicted octanol–water partition coefficient (Wildman–Crippen LogP) is 3.45. The molecule has 2 aromatic rings. The van der Waals surface area contributed by atoms with Crippen molar-refractivity contribution in [3.8, 4) is 17.2 Å². The van der Waals surface area contributed by atoms with Crippen LogP contribution in [0.4, 0.5) is 5.69 Å². The summed E-state index contributed by atoms with van der Waals surface area (Å²) in [5.41, 5.74) is 1.52. The zero-order valence-corrected chi connectivity index (χ0v) is 20.1. The van der Waals surface area contributed by atoms with Crippen LogP contribution in [0.5, 0.6) is 17.2 Å². The number of nitrogens with zero attached hydrogens (tertiary/aromatic N) is 2. The molecule has 0 aliphatic carbocycles. The molecule has 0 saturated carbocycles. The first-order valence-electron chi connectivity index (χ1n) is 10.8. The average molecular weight is 472 g/mol. The van der Waals surface area contributed by atoms with Gasteiger partial charge in [0.25, 0.3) is 5.91 Å². The molecule has 0 bridgehead atoms. The first-order valence-corrected chi connectivity index (χ1v) is 11.2. The van der Waals surface area contributed by atoms with Gasteiger partial charge in [0.15, 0.2) is 16.6 Å². The van der Waals surface area contributed by atoms with Crippen LogP contribution >= 0.6 is 12.2 Å². The second-order valence-corrected chi connectivity index (χ2v) is 7.77. The van der Waals surface area contributed by atoms with Gasteiger partial charge in [0.1, 0.15) is 11.8 Å². The Bertz CT molecular complexity index is 1010. The monoisotopic (exact) mass is 471 g/mol. The number of thiocarbonyl (C=S) groups is 1. The number of hydrogen-bond donors (Lipinski definition) is 1. The molecule has 8 nitrogen and oxygen atoms in total. The largest absolute Gasteiger partial charge is 0.494 e. The van der Waals surface area contributed by atoms with Gasteiger partial charge >= 0.3 is 0 Å². The highest BCUT2D eigenvalue weighted by Gasteiger charge is 2.42. The van der Waals surface area contributed by atoms with E-state index >= 15 is 0 Å². The zero-order valence-electron chi connectivity index (χ0n) is 19.3. The zero-order chi connectivity index (χ0) is 24.0. The standard InChI is InChI=1S/C24H29N3O5S/c1-5-26-23(29)19(14-22(28)25-17-8-10-18(11-9-17)32-6-2)27(24(26)33)15-16-7-12-20(30-3)21(13-16)31-4/h7-13,19H,5-6,14-15H2,1-4H3,(H,25,28). The van der Waals surface area contributed by atoms with Crippen molar-refractivity contribution < 1.29 is 23.8 Å². The number of benzene rings is 2. The second kappa shape index (κ2) is 11.0. The number of anilines is 1. The van der Waals surface area contributed by atoms with Crippen LogP contribution in [0, 0.1) is 0 Å². The van der Waals surface area contributed by atoms with Crippen LogP contribution in [0.25, 0.3) is 0 Å². The summed E-state index contributed by atoms with van der Waals surface area (Å²) in [6.45, 7) is 5.14. The summed E-state index contributed by atoms with van der Waals surface area (Å²) in [6.07, 6.45) is -0.0179. The molecule has 1 aliphatic rings. The summed E-state index contributed by atoms with van der Waals surface area (Å²) in [4.78, 5) is 29.1. The molecular weight excluding hydrogens is 442 g/mol. The fraction of sp³-hybridized carbons (Fsp3) is 0.375. The lowest BCUT2D eigenvalue weighted by Gasteiger charge is -2.24. The molecule has 33 heavy (non-hydrogen) atoms. The number of nitrogens with one attached hydrogen (secondary N) is 1. The highest BCUT2D eigenvalue weighted by atomic mass is 32.1.